The summed E-state index contributed by atoms with van der Waals surface area (Å²) in [5.74, 6) is -0.000529. The third kappa shape index (κ3) is 3.24. The van der Waals surface area contributed by atoms with Crippen LogP contribution in [0, 0.1) is 11.7 Å². The lowest BCUT2D eigenvalue weighted by atomic mass is 9.75. The van der Waals surface area contributed by atoms with Gasteiger partial charge in [-0.15, -0.1) is 0 Å². The molecule has 1 fully saturated rings. The molecule has 1 aromatic rings. The lowest BCUT2D eigenvalue weighted by molar-refractivity contribution is -0.0159. The molecule has 0 radical (unpaired) electrons. The molecule has 1 nitrogen and oxygen atoms in total. The first kappa shape index (κ1) is 13.8. The van der Waals surface area contributed by atoms with Crippen LogP contribution in [0.25, 0.3) is 0 Å². The largest absolute Gasteiger partial charge is 0.390 e. The van der Waals surface area contributed by atoms with Gasteiger partial charge in [-0.25, -0.2) is 4.39 Å². The zero-order valence-electron chi connectivity index (χ0n) is 10.8. The Labute approximate surface area is 113 Å². The highest BCUT2D eigenvalue weighted by atomic mass is 35.5. The second-order valence-corrected chi connectivity index (χ2v) is 6.01. The summed E-state index contributed by atoms with van der Waals surface area (Å²) in [4.78, 5) is 0. The Morgan fingerprint density at radius 1 is 1.33 bits per heavy atom. The fraction of sp³-hybridized carbons (Fsp3) is 0.600. The van der Waals surface area contributed by atoms with Gasteiger partial charge in [0, 0.05) is 11.4 Å². The summed E-state index contributed by atoms with van der Waals surface area (Å²) in [6.45, 7) is 1.85. The van der Waals surface area contributed by atoms with Crippen LogP contribution in [-0.4, -0.2) is 10.7 Å². The summed E-state index contributed by atoms with van der Waals surface area (Å²) in [6, 6.07) is 4.34. The van der Waals surface area contributed by atoms with Crippen molar-refractivity contribution in [1.82, 2.24) is 0 Å². The Bertz CT molecular complexity index is 411. The second-order valence-electron chi connectivity index (χ2n) is 5.60. The maximum atomic E-state index is 13.2. The highest BCUT2D eigenvalue weighted by molar-refractivity contribution is 6.31. The van der Waals surface area contributed by atoms with Gasteiger partial charge in [0.1, 0.15) is 5.82 Å². The predicted molar refractivity (Wildman–Crippen MR) is 72.3 cm³/mol. The van der Waals surface area contributed by atoms with E-state index in [1.54, 1.807) is 6.07 Å². The Hall–Kier alpha value is -0.600. The number of benzene rings is 1. The van der Waals surface area contributed by atoms with E-state index < -0.39 is 5.60 Å². The number of aliphatic hydroxyl groups is 1. The lowest BCUT2D eigenvalue weighted by Gasteiger charge is -2.36. The van der Waals surface area contributed by atoms with Crippen LogP contribution in [0.2, 0.25) is 5.02 Å². The van der Waals surface area contributed by atoms with Crippen LogP contribution in [0.5, 0.6) is 0 Å². The van der Waals surface area contributed by atoms with Crippen LogP contribution in [0.4, 0.5) is 4.39 Å². The Morgan fingerprint density at radius 2 is 2.00 bits per heavy atom. The summed E-state index contributed by atoms with van der Waals surface area (Å²) >= 11 is 6.06. The van der Waals surface area contributed by atoms with Crippen molar-refractivity contribution in [1.29, 1.82) is 0 Å². The summed E-state index contributed by atoms with van der Waals surface area (Å²) in [5, 5.41) is 11.2. The molecular weight excluding hydrogens is 251 g/mol. The molecule has 1 aliphatic rings. The number of halogens is 2. The van der Waals surface area contributed by atoms with Crippen LogP contribution < -0.4 is 0 Å². The van der Waals surface area contributed by atoms with Crippen LogP contribution in [0.1, 0.15) is 44.6 Å². The Morgan fingerprint density at radius 3 is 2.67 bits per heavy atom. The summed E-state index contributed by atoms with van der Waals surface area (Å²) in [5.41, 5.74) is -0.0926. The molecule has 0 bridgehead atoms. The monoisotopic (exact) mass is 270 g/mol. The van der Waals surface area contributed by atoms with Crippen LogP contribution in [0.15, 0.2) is 18.2 Å². The first-order valence-corrected chi connectivity index (χ1v) is 7.03. The van der Waals surface area contributed by atoms with E-state index in [4.69, 9.17) is 11.6 Å². The molecule has 2 rings (SSSR count). The van der Waals surface area contributed by atoms with E-state index in [0.29, 0.717) is 22.9 Å². The predicted octanol–water partition coefficient (Wildman–Crippen LogP) is 4.35. The van der Waals surface area contributed by atoms with Gasteiger partial charge in [-0.2, -0.15) is 0 Å². The normalized spacial score (nSPS) is 20.7. The molecule has 0 aromatic heterocycles. The Balaban J connectivity index is 2.13. The highest BCUT2D eigenvalue weighted by Gasteiger charge is 2.33. The fourth-order valence-electron chi connectivity index (χ4n) is 2.93. The molecule has 0 amide bonds. The molecule has 0 heterocycles. The van der Waals surface area contributed by atoms with Crippen molar-refractivity contribution in [3.05, 3.63) is 34.6 Å². The van der Waals surface area contributed by atoms with Gasteiger partial charge in [0.15, 0.2) is 0 Å². The first-order valence-electron chi connectivity index (χ1n) is 6.65. The van der Waals surface area contributed by atoms with E-state index in [2.05, 4.69) is 0 Å². The minimum Gasteiger partial charge on any atom is -0.390 e. The second kappa shape index (κ2) is 5.58. The van der Waals surface area contributed by atoms with Gasteiger partial charge < -0.3 is 5.11 Å². The first-order chi connectivity index (χ1) is 8.49. The van der Waals surface area contributed by atoms with Crippen molar-refractivity contribution in [3.63, 3.8) is 0 Å². The quantitative estimate of drug-likeness (QED) is 0.866. The molecule has 0 spiro atoms. The van der Waals surface area contributed by atoms with Gasteiger partial charge in [-0.1, -0.05) is 30.9 Å². The molecule has 0 aliphatic heterocycles. The molecule has 1 saturated carbocycles. The van der Waals surface area contributed by atoms with E-state index in [1.807, 2.05) is 6.92 Å². The molecule has 18 heavy (non-hydrogen) atoms. The van der Waals surface area contributed by atoms with E-state index >= 15 is 0 Å². The minimum atomic E-state index is -0.794. The van der Waals surface area contributed by atoms with Gasteiger partial charge in [-0.05, 0) is 49.4 Å². The number of hydrogen-bond donors (Lipinski definition) is 1. The van der Waals surface area contributed by atoms with Crippen LogP contribution >= 0.6 is 11.6 Å². The molecule has 0 saturated heterocycles. The summed E-state index contributed by atoms with van der Waals surface area (Å²) in [7, 11) is 0. The fourth-order valence-corrected chi connectivity index (χ4v) is 3.12. The third-order valence-corrected chi connectivity index (χ3v) is 4.41. The Kier molecular flexibility index (Phi) is 4.29. The maximum absolute atomic E-state index is 13.2. The van der Waals surface area contributed by atoms with Crippen molar-refractivity contribution in [2.75, 3.05) is 0 Å². The van der Waals surface area contributed by atoms with Crippen LogP contribution in [0.3, 0.4) is 0 Å². The SMILES string of the molecule is CC(O)(Cc1cc(F)ccc1Cl)C1CCCCC1. The molecule has 1 N–H and O–H groups in total. The lowest BCUT2D eigenvalue weighted by Crippen LogP contribution is -2.38. The topological polar surface area (TPSA) is 20.2 Å². The van der Waals surface area contributed by atoms with Crippen molar-refractivity contribution in [3.8, 4) is 0 Å². The smallest absolute Gasteiger partial charge is 0.123 e. The standard InChI is InChI=1S/C15H20ClFO/c1-15(18,12-5-3-2-4-6-12)10-11-9-13(17)7-8-14(11)16/h7-9,12,18H,2-6,10H2,1H3. The third-order valence-electron chi connectivity index (χ3n) is 4.04. The molecule has 100 valence electrons. The molecule has 1 atom stereocenters. The van der Waals surface area contributed by atoms with E-state index in [0.717, 1.165) is 12.8 Å². The molecule has 3 heteroatoms. The highest BCUT2D eigenvalue weighted by Crippen LogP contribution is 2.35. The summed E-state index contributed by atoms with van der Waals surface area (Å²) in [6.07, 6.45) is 6.15. The molecule has 1 aromatic carbocycles. The van der Waals surface area contributed by atoms with E-state index in [1.165, 1.54) is 31.4 Å². The van der Waals surface area contributed by atoms with Gasteiger partial charge in [0.2, 0.25) is 0 Å². The zero-order valence-corrected chi connectivity index (χ0v) is 11.5. The van der Waals surface area contributed by atoms with Crippen molar-refractivity contribution in [2.24, 2.45) is 5.92 Å². The molecule has 1 unspecified atom stereocenters. The molecular formula is C15H20ClFO. The minimum absolute atomic E-state index is 0.297. The van der Waals surface area contributed by atoms with E-state index in [9.17, 15) is 9.50 Å². The maximum Gasteiger partial charge on any atom is 0.123 e. The van der Waals surface area contributed by atoms with Gasteiger partial charge in [0.05, 0.1) is 5.60 Å². The van der Waals surface area contributed by atoms with E-state index in [-0.39, 0.29) is 5.82 Å². The number of hydrogen-bond acceptors (Lipinski definition) is 1. The zero-order chi connectivity index (χ0) is 13.2. The van der Waals surface area contributed by atoms with Crippen molar-refractivity contribution >= 4 is 11.6 Å². The van der Waals surface area contributed by atoms with Gasteiger partial charge in [0.25, 0.3) is 0 Å². The average Bonchev–Trinajstić information content (AvgIpc) is 2.35. The van der Waals surface area contributed by atoms with Crippen LogP contribution in [-0.2, 0) is 6.42 Å². The summed E-state index contributed by atoms with van der Waals surface area (Å²) < 4.78 is 13.2. The average molecular weight is 271 g/mol. The van der Waals surface area contributed by atoms with Crippen molar-refractivity contribution in [2.45, 2.75) is 51.0 Å². The van der Waals surface area contributed by atoms with Gasteiger partial charge in [-0.3, -0.25) is 0 Å². The van der Waals surface area contributed by atoms with Crippen molar-refractivity contribution < 1.29 is 9.50 Å². The number of rotatable bonds is 3. The molecule has 1 aliphatic carbocycles. The van der Waals surface area contributed by atoms with Gasteiger partial charge >= 0.3 is 0 Å².